The molecule has 0 amide bonds. The van der Waals surface area contributed by atoms with Crippen LogP contribution in [0.5, 0.6) is 0 Å². The summed E-state index contributed by atoms with van der Waals surface area (Å²) in [6.45, 7) is 0.430. The molecule has 0 spiro atoms. The SMILES string of the molecule is NC1=N[C@@](c2ccccc2)(c2cccc(Br)c2)CO1. The Morgan fingerprint density at radius 3 is 2.42 bits per heavy atom. The Kier molecular flexibility index (Phi) is 3.03. The van der Waals surface area contributed by atoms with Crippen LogP contribution < -0.4 is 5.73 Å². The second-order valence-electron chi connectivity index (χ2n) is 4.48. The Balaban J connectivity index is 2.19. The molecule has 3 rings (SSSR count). The first-order valence-corrected chi connectivity index (χ1v) is 6.80. The minimum atomic E-state index is -0.547. The van der Waals surface area contributed by atoms with Crippen LogP contribution in [0, 0.1) is 0 Å². The molecule has 1 heterocycles. The van der Waals surface area contributed by atoms with E-state index in [1.54, 1.807) is 0 Å². The number of nitrogens with two attached hydrogens (primary N) is 1. The van der Waals surface area contributed by atoms with Gasteiger partial charge in [0.15, 0.2) is 5.54 Å². The van der Waals surface area contributed by atoms with Gasteiger partial charge in [0.05, 0.1) is 0 Å². The van der Waals surface area contributed by atoms with Crippen LogP contribution in [-0.2, 0) is 10.3 Å². The van der Waals surface area contributed by atoms with Gasteiger partial charge in [-0.2, -0.15) is 0 Å². The number of rotatable bonds is 2. The summed E-state index contributed by atoms with van der Waals surface area (Å²) in [5.74, 6) is 0. The van der Waals surface area contributed by atoms with E-state index in [4.69, 9.17) is 10.5 Å². The lowest BCUT2D eigenvalue weighted by atomic mass is 9.84. The van der Waals surface area contributed by atoms with E-state index in [1.807, 2.05) is 48.5 Å². The normalized spacial score (nSPS) is 21.8. The van der Waals surface area contributed by atoms with Crippen LogP contribution in [0.15, 0.2) is 64.1 Å². The van der Waals surface area contributed by atoms with Gasteiger partial charge < -0.3 is 10.5 Å². The summed E-state index contributed by atoms with van der Waals surface area (Å²) in [6.07, 6.45) is 0. The molecule has 0 unspecified atom stereocenters. The van der Waals surface area contributed by atoms with Crippen molar-refractivity contribution in [3.63, 3.8) is 0 Å². The van der Waals surface area contributed by atoms with Gasteiger partial charge in [-0.05, 0) is 23.3 Å². The van der Waals surface area contributed by atoms with Crippen molar-refractivity contribution in [2.75, 3.05) is 6.61 Å². The number of hydrogen-bond acceptors (Lipinski definition) is 3. The van der Waals surface area contributed by atoms with Gasteiger partial charge in [-0.3, -0.25) is 0 Å². The van der Waals surface area contributed by atoms with Gasteiger partial charge in [-0.1, -0.05) is 58.4 Å². The fourth-order valence-corrected chi connectivity index (χ4v) is 2.75. The van der Waals surface area contributed by atoms with E-state index in [-0.39, 0.29) is 6.02 Å². The lowest BCUT2D eigenvalue weighted by molar-refractivity contribution is 0.278. The highest BCUT2D eigenvalue weighted by Crippen LogP contribution is 2.38. The molecule has 0 aliphatic carbocycles. The van der Waals surface area contributed by atoms with E-state index in [1.165, 1.54) is 0 Å². The summed E-state index contributed by atoms with van der Waals surface area (Å²) in [7, 11) is 0. The summed E-state index contributed by atoms with van der Waals surface area (Å²) in [6, 6.07) is 18.4. The third-order valence-corrected chi connectivity index (χ3v) is 3.78. The fraction of sp³-hybridized carbons (Fsp3) is 0.133. The number of aliphatic imine (C=N–C) groups is 1. The number of benzene rings is 2. The highest BCUT2D eigenvalue weighted by atomic mass is 79.9. The molecule has 1 aliphatic heterocycles. The quantitative estimate of drug-likeness (QED) is 0.925. The molecular weight excluding hydrogens is 304 g/mol. The van der Waals surface area contributed by atoms with Gasteiger partial charge in [-0.15, -0.1) is 0 Å². The Morgan fingerprint density at radius 2 is 1.79 bits per heavy atom. The lowest BCUT2D eigenvalue weighted by Crippen LogP contribution is -2.27. The first-order valence-electron chi connectivity index (χ1n) is 6.00. The molecule has 0 saturated carbocycles. The van der Waals surface area contributed by atoms with Crippen LogP contribution in [-0.4, -0.2) is 12.6 Å². The van der Waals surface area contributed by atoms with Gasteiger partial charge >= 0.3 is 0 Å². The van der Waals surface area contributed by atoms with Crippen molar-refractivity contribution < 1.29 is 4.74 Å². The Labute approximate surface area is 120 Å². The molecule has 96 valence electrons. The average molecular weight is 317 g/mol. The van der Waals surface area contributed by atoms with Crippen molar-refractivity contribution in [3.8, 4) is 0 Å². The molecule has 1 atom stereocenters. The molecule has 2 N–H and O–H groups in total. The van der Waals surface area contributed by atoms with Crippen LogP contribution >= 0.6 is 15.9 Å². The maximum Gasteiger partial charge on any atom is 0.283 e. The summed E-state index contributed by atoms with van der Waals surface area (Å²) in [5, 5.41) is 0. The summed E-state index contributed by atoms with van der Waals surface area (Å²) in [5.41, 5.74) is 7.33. The number of amidine groups is 1. The maximum absolute atomic E-state index is 5.74. The molecule has 2 aromatic rings. The predicted molar refractivity (Wildman–Crippen MR) is 78.9 cm³/mol. The molecule has 4 heteroatoms. The second-order valence-corrected chi connectivity index (χ2v) is 5.39. The number of nitrogens with zero attached hydrogens (tertiary/aromatic N) is 1. The summed E-state index contributed by atoms with van der Waals surface area (Å²) < 4.78 is 6.44. The molecule has 0 radical (unpaired) electrons. The molecule has 0 bridgehead atoms. The van der Waals surface area contributed by atoms with Gasteiger partial charge in [0.1, 0.15) is 6.61 Å². The van der Waals surface area contributed by atoms with Crippen molar-refractivity contribution in [2.45, 2.75) is 5.54 Å². The maximum atomic E-state index is 5.74. The van der Waals surface area contributed by atoms with E-state index < -0.39 is 5.54 Å². The molecule has 3 nitrogen and oxygen atoms in total. The minimum absolute atomic E-state index is 0.240. The van der Waals surface area contributed by atoms with E-state index in [0.29, 0.717) is 6.61 Å². The Morgan fingerprint density at radius 1 is 1.05 bits per heavy atom. The average Bonchev–Trinajstić information content (AvgIpc) is 2.83. The smallest absolute Gasteiger partial charge is 0.283 e. The monoisotopic (exact) mass is 316 g/mol. The minimum Gasteiger partial charge on any atom is -0.462 e. The van der Waals surface area contributed by atoms with Gasteiger partial charge in [0, 0.05) is 4.47 Å². The topological polar surface area (TPSA) is 47.6 Å². The Bertz CT molecular complexity index is 627. The Hall–Kier alpha value is -1.81. The predicted octanol–water partition coefficient (Wildman–Crippen LogP) is 3.04. The first kappa shape index (κ1) is 12.2. The summed E-state index contributed by atoms with van der Waals surface area (Å²) >= 11 is 3.50. The van der Waals surface area contributed by atoms with E-state index in [9.17, 15) is 0 Å². The standard InChI is InChI=1S/C15H13BrN2O/c16-13-8-4-7-12(9-13)15(10-19-14(17)18-15)11-5-2-1-3-6-11/h1-9H,10H2,(H2,17,18)/t15-/m0/s1. The molecule has 0 saturated heterocycles. The van der Waals surface area contributed by atoms with E-state index in [2.05, 4.69) is 27.0 Å². The van der Waals surface area contributed by atoms with E-state index in [0.717, 1.165) is 15.6 Å². The van der Waals surface area contributed by atoms with Crippen LogP contribution in [0.25, 0.3) is 0 Å². The van der Waals surface area contributed by atoms with Crippen molar-refractivity contribution >= 4 is 22.0 Å². The van der Waals surface area contributed by atoms with Crippen LogP contribution in [0.4, 0.5) is 0 Å². The first-order chi connectivity index (χ1) is 9.21. The van der Waals surface area contributed by atoms with Crippen LogP contribution in [0.2, 0.25) is 0 Å². The molecular formula is C15H13BrN2O. The van der Waals surface area contributed by atoms with Crippen LogP contribution in [0.1, 0.15) is 11.1 Å². The summed E-state index contributed by atoms with van der Waals surface area (Å²) in [4.78, 5) is 4.55. The molecule has 1 aliphatic rings. The van der Waals surface area contributed by atoms with Gasteiger partial charge in [0.25, 0.3) is 6.02 Å². The molecule has 0 fully saturated rings. The molecule has 2 aromatic carbocycles. The lowest BCUT2D eigenvalue weighted by Gasteiger charge is -2.25. The number of ether oxygens (including phenoxy) is 1. The fourth-order valence-electron chi connectivity index (χ4n) is 2.35. The molecule has 19 heavy (non-hydrogen) atoms. The van der Waals surface area contributed by atoms with Crippen molar-refractivity contribution in [1.29, 1.82) is 0 Å². The number of hydrogen-bond donors (Lipinski definition) is 1. The zero-order valence-corrected chi connectivity index (χ0v) is 11.8. The van der Waals surface area contributed by atoms with E-state index >= 15 is 0 Å². The van der Waals surface area contributed by atoms with Crippen LogP contribution in [0.3, 0.4) is 0 Å². The highest BCUT2D eigenvalue weighted by Gasteiger charge is 2.39. The zero-order chi connectivity index (χ0) is 13.3. The number of halogens is 1. The third kappa shape index (κ3) is 2.12. The van der Waals surface area contributed by atoms with Crippen molar-refractivity contribution in [1.82, 2.24) is 0 Å². The van der Waals surface area contributed by atoms with Gasteiger partial charge in [0.2, 0.25) is 0 Å². The second kappa shape index (κ2) is 4.70. The zero-order valence-electron chi connectivity index (χ0n) is 10.2. The van der Waals surface area contributed by atoms with Gasteiger partial charge in [-0.25, -0.2) is 4.99 Å². The highest BCUT2D eigenvalue weighted by molar-refractivity contribution is 9.10. The molecule has 0 aromatic heterocycles. The third-order valence-electron chi connectivity index (χ3n) is 3.28. The van der Waals surface area contributed by atoms with Crippen molar-refractivity contribution in [3.05, 3.63) is 70.2 Å². The largest absolute Gasteiger partial charge is 0.462 e. The van der Waals surface area contributed by atoms with Crippen molar-refractivity contribution in [2.24, 2.45) is 10.7 Å².